The molecule has 1 saturated heterocycles. The lowest BCUT2D eigenvalue weighted by Crippen LogP contribution is -2.46. The molecule has 0 spiro atoms. The van der Waals surface area contributed by atoms with E-state index in [0.29, 0.717) is 0 Å². The maximum Gasteiger partial charge on any atom is 0.228 e. The van der Waals surface area contributed by atoms with Gasteiger partial charge in [0, 0.05) is 5.92 Å². The number of carbonyl (C=O) groups is 2. The van der Waals surface area contributed by atoms with E-state index in [1.165, 1.54) is 0 Å². The topological polar surface area (TPSA) is 58.2 Å². The largest absolute Gasteiger partial charge is 0.350 e. The lowest BCUT2D eigenvalue weighted by Gasteiger charge is -2.28. The third-order valence-corrected chi connectivity index (χ3v) is 4.39. The van der Waals surface area contributed by atoms with Crippen LogP contribution in [0.25, 0.3) is 0 Å². The zero-order valence-corrected chi connectivity index (χ0v) is 11.8. The second kappa shape index (κ2) is 4.62. The van der Waals surface area contributed by atoms with Crippen molar-refractivity contribution in [3.63, 3.8) is 0 Å². The average Bonchev–Trinajstić information content (AvgIpc) is 3.24. The summed E-state index contributed by atoms with van der Waals surface area (Å²) in [6, 6.07) is 9.47. The van der Waals surface area contributed by atoms with E-state index >= 15 is 0 Å². The first-order valence-corrected chi connectivity index (χ1v) is 7.16. The first kappa shape index (κ1) is 13.2. The summed E-state index contributed by atoms with van der Waals surface area (Å²) in [6.45, 7) is 3.78. The van der Waals surface area contributed by atoms with Gasteiger partial charge >= 0.3 is 0 Å². The van der Waals surface area contributed by atoms with E-state index < -0.39 is 5.41 Å². The molecule has 0 bridgehead atoms. The van der Waals surface area contributed by atoms with Crippen LogP contribution < -0.4 is 10.6 Å². The third-order valence-electron chi connectivity index (χ3n) is 4.39. The number of hydrogen-bond acceptors (Lipinski definition) is 2. The first-order valence-electron chi connectivity index (χ1n) is 7.16. The second-order valence-corrected chi connectivity index (χ2v) is 6.34. The molecule has 1 saturated carbocycles. The van der Waals surface area contributed by atoms with E-state index in [1.54, 1.807) is 0 Å². The summed E-state index contributed by atoms with van der Waals surface area (Å²) in [5.74, 6) is 0.228. The molecule has 106 valence electrons. The van der Waals surface area contributed by atoms with Crippen LogP contribution in [0.15, 0.2) is 30.3 Å². The molecule has 1 heterocycles. The van der Waals surface area contributed by atoms with Gasteiger partial charge in [0.05, 0.1) is 17.5 Å². The van der Waals surface area contributed by atoms with Crippen LogP contribution in [-0.4, -0.2) is 17.9 Å². The lowest BCUT2D eigenvalue weighted by atomic mass is 9.82. The molecular formula is C16H20N2O2. The Morgan fingerprint density at radius 1 is 1.25 bits per heavy atom. The van der Waals surface area contributed by atoms with Crippen molar-refractivity contribution in [1.29, 1.82) is 0 Å². The third kappa shape index (κ3) is 2.19. The van der Waals surface area contributed by atoms with Crippen LogP contribution in [0, 0.1) is 11.3 Å². The standard InChI is InChI=1S/C16H20N2O2/c1-16(2)13(18-14(19)11-8-9-11)12(17-15(16)20)10-6-4-3-5-7-10/h3-7,11-13H,8-9H2,1-2H3,(H,17,20)(H,18,19)/t12?,13-/m1/s1. The minimum absolute atomic E-state index is 0.00699. The molecular weight excluding hydrogens is 252 g/mol. The Morgan fingerprint density at radius 2 is 1.90 bits per heavy atom. The second-order valence-electron chi connectivity index (χ2n) is 6.34. The van der Waals surface area contributed by atoms with Crippen molar-refractivity contribution in [3.8, 4) is 0 Å². The van der Waals surface area contributed by atoms with Crippen LogP contribution in [0.5, 0.6) is 0 Å². The molecule has 2 N–H and O–H groups in total. The van der Waals surface area contributed by atoms with Gasteiger partial charge in [-0.3, -0.25) is 9.59 Å². The molecule has 4 nitrogen and oxygen atoms in total. The minimum atomic E-state index is -0.592. The summed E-state index contributed by atoms with van der Waals surface area (Å²) >= 11 is 0. The lowest BCUT2D eigenvalue weighted by molar-refractivity contribution is -0.127. The Bertz CT molecular complexity index is 535. The van der Waals surface area contributed by atoms with Gasteiger partial charge < -0.3 is 10.6 Å². The molecule has 1 unspecified atom stereocenters. The maximum atomic E-state index is 12.2. The van der Waals surface area contributed by atoms with Crippen molar-refractivity contribution in [3.05, 3.63) is 35.9 Å². The Kier molecular flexibility index (Phi) is 3.04. The van der Waals surface area contributed by atoms with Gasteiger partial charge in [-0.1, -0.05) is 30.3 Å². The molecule has 20 heavy (non-hydrogen) atoms. The smallest absolute Gasteiger partial charge is 0.228 e. The SMILES string of the molecule is CC1(C)C(=O)NC(c2ccccc2)[C@H]1NC(=O)C1CC1. The first-order chi connectivity index (χ1) is 9.50. The van der Waals surface area contributed by atoms with Crippen LogP contribution >= 0.6 is 0 Å². The minimum Gasteiger partial charge on any atom is -0.350 e. The van der Waals surface area contributed by atoms with E-state index in [-0.39, 0.29) is 29.8 Å². The molecule has 1 aliphatic heterocycles. The van der Waals surface area contributed by atoms with Crippen molar-refractivity contribution in [2.45, 2.75) is 38.8 Å². The van der Waals surface area contributed by atoms with Crippen molar-refractivity contribution < 1.29 is 9.59 Å². The van der Waals surface area contributed by atoms with Gasteiger partial charge in [0.2, 0.25) is 11.8 Å². The highest BCUT2D eigenvalue weighted by atomic mass is 16.2. The van der Waals surface area contributed by atoms with E-state index in [0.717, 1.165) is 18.4 Å². The summed E-state index contributed by atoms with van der Waals surface area (Å²) in [6.07, 6.45) is 1.94. The zero-order valence-electron chi connectivity index (χ0n) is 11.8. The van der Waals surface area contributed by atoms with Crippen molar-refractivity contribution in [1.82, 2.24) is 10.6 Å². The van der Waals surface area contributed by atoms with Gasteiger partial charge in [-0.2, -0.15) is 0 Å². The molecule has 0 radical (unpaired) electrons. The number of carbonyl (C=O) groups excluding carboxylic acids is 2. The quantitative estimate of drug-likeness (QED) is 0.881. The average molecular weight is 272 g/mol. The molecule has 3 rings (SSSR count). The fourth-order valence-electron chi connectivity index (χ4n) is 2.79. The molecule has 0 aromatic heterocycles. The van der Waals surface area contributed by atoms with Crippen LogP contribution in [0.4, 0.5) is 0 Å². The van der Waals surface area contributed by atoms with E-state index in [2.05, 4.69) is 10.6 Å². The number of hydrogen-bond donors (Lipinski definition) is 2. The molecule has 2 amide bonds. The fourth-order valence-corrected chi connectivity index (χ4v) is 2.79. The maximum absolute atomic E-state index is 12.2. The van der Waals surface area contributed by atoms with Crippen LogP contribution in [0.3, 0.4) is 0 Å². The summed E-state index contributed by atoms with van der Waals surface area (Å²) < 4.78 is 0. The van der Waals surface area contributed by atoms with Gasteiger partial charge in [0.15, 0.2) is 0 Å². The Morgan fingerprint density at radius 3 is 2.50 bits per heavy atom. The highest BCUT2D eigenvalue weighted by Crippen LogP contribution is 2.38. The molecule has 1 aromatic carbocycles. The van der Waals surface area contributed by atoms with Crippen LogP contribution in [0.2, 0.25) is 0 Å². The number of nitrogens with one attached hydrogen (secondary N) is 2. The van der Waals surface area contributed by atoms with E-state index in [1.807, 2.05) is 44.2 Å². The summed E-state index contributed by atoms with van der Waals surface area (Å²) in [7, 11) is 0. The normalized spacial score (nSPS) is 28.0. The number of benzene rings is 1. The highest BCUT2D eigenvalue weighted by Gasteiger charge is 2.50. The summed E-state index contributed by atoms with van der Waals surface area (Å²) in [5.41, 5.74) is 0.443. The van der Waals surface area contributed by atoms with Gasteiger partial charge in [0.1, 0.15) is 0 Å². The Hall–Kier alpha value is -1.84. The van der Waals surface area contributed by atoms with E-state index in [9.17, 15) is 9.59 Å². The predicted octanol–water partition coefficient (Wildman–Crippen LogP) is 1.78. The molecule has 4 heteroatoms. The van der Waals surface area contributed by atoms with E-state index in [4.69, 9.17) is 0 Å². The van der Waals surface area contributed by atoms with Crippen molar-refractivity contribution in [2.75, 3.05) is 0 Å². The number of rotatable bonds is 3. The fraction of sp³-hybridized carbons (Fsp3) is 0.500. The number of amides is 2. The summed E-state index contributed by atoms with van der Waals surface area (Å²) in [5, 5.41) is 6.11. The molecule has 1 aromatic rings. The zero-order chi connectivity index (χ0) is 14.3. The van der Waals surface area contributed by atoms with Gasteiger partial charge in [0.25, 0.3) is 0 Å². The molecule has 2 atom stereocenters. The van der Waals surface area contributed by atoms with Crippen LogP contribution in [0.1, 0.15) is 38.3 Å². The van der Waals surface area contributed by atoms with Crippen molar-refractivity contribution >= 4 is 11.8 Å². The monoisotopic (exact) mass is 272 g/mol. The summed E-state index contributed by atoms with van der Waals surface area (Å²) in [4.78, 5) is 24.3. The van der Waals surface area contributed by atoms with Gasteiger partial charge in [-0.05, 0) is 32.3 Å². The predicted molar refractivity (Wildman–Crippen MR) is 75.8 cm³/mol. The molecule has 2 fully saturated rings. The van der Waals surface area contributed by atoms with Crippen LogP contribution in [-0.2, 0) is 9.59 Å². The molecule has 1 aliphatic carbocycles. The highest BCUT2D eigenvalue weighted by molar-refractivity contribution is 5.88. The Labute approximate surface area is 118 Å². The van der Waals surface area contributed by atoms with Gasteiger partial charge in [-0.25, -0.2) is 0 Å². The molecule has 2 aliphatic rings. The Balaban J connectivity index is 1.87. The van der Waals surface area contributed by atoms with Gasteiger partial charge in [-0.15, -0.1) is 0 Å². The van der Waals surface area contributed by atoms with Crippen molar-refractivity contribution in [2.24, 2.45) is 11.3 Å².